The number of benzene rings is 2. The lowest BCUT2D eigenvalue weighted by atomic mass is 10.1. The monoisotopic (exact) mass is 446 g/mol. The van der Waals surface area contributed by atoms with Gasteiger partial charge in [-0.1, -0.05) is 23.7 Å². The fraction of sp³-hybridized carbons (Fsp3) is 0.318. The number of hydrogen-bond donors (Lipinski definition) is 2. The molecule has 0 aliphatic carbocycles. The van der Waals surface area contributed by atoms with E-state index in [-0.39, 0.29) is 41.8 Å². The minimum absolute atomic E-state index is 0.0431. The Morgan fingerprint density at radius 1 is 1.32 bits per heavy atom. The van der Waals surface area contributed by atoms with E-state index in [0.29, 0.717) is 17.1 Å². The van der Waals surface area contributed by atoms with Crippen LogP contribution in [0.1, 0.15) is 20.3 Å². The van der Waals surface area contributed by atoms with Gasteiger partial charge in [-0.3, -0.25) is 19.3 Å². The summed E-state index contributed by atoms with van der Waals surface area (Å²) in [7, 11) is 1.66. The van der Waals surface area contributed by atoms with Gasteiger partial charge < -0.3 is 15.5 Å². The first-order chi connectivity index (χ1) is 14.7. The molecule has 9 heteroatoms. The van der Waals surface area contributed by atoms with Gasteiger partial charge in [0.05, 0.1) is 34.7 Å². The molecular weight excluding hydrogens is 423 g/mol. The van der Waals surface area contributed by atoms with Crippen LogP contribution >= 0.6 is 11.6 Å². The number of anilines is 3. The normalized spacial score (nSPS) is 16.9. The number of rotatable bonds is 5. The van der Waals surface area contributed by atoms with E-state index in [4.69, 9.17) is 11.6 Å². The van der Waals surface area contributed by atoms with Crippen LogP contribution in [0.5, 0.6) is 0 Å². The van der Waals surface area contributed by atoms with E-state index < -0.39 is 11.9 Å². The first-order valence-electron chi connectivity index (χ1n) is 9.84. The summed E-state index contributed by atoms with van der Waals surface area (Å²) in [6.07, 6.45) is 0.170. The minimum atomic E-state index is -0.664. The Kier molecular flexibility index (Phi) is 6.92. The molecule has 2 aromatic carbocycles. The number of hydrogen-bond acceptors (Lipinski definition) is 4. The van der Waals surface area contributed by atoms with Crippen molar-refractivity contribution in [2.24, 2.45) is 0 Å². The van der Waals surface area contributed by atoms with Crippen LogP contribution in [0.15, 0.2) is 42.5 Å². The summed E-state index contributed by atoms with van der Waals surface area (Å²) in [6.45, 7) is 3.43. The fourth-order valence-corrected chi connectivity index (χ4v) is 3.64. The average Bonchev–Trinajstić information content (AvgIpc) is 2.83. The van der Waals surface area contributed by atoms with E-state index in [2.05, 4.69) is 10.6 Å². The Hall–Kier alpha value is -2.97. The SMILES string of the molecule is CC(C(=O)Nc1ccc(F)cc1Cl)N(C)CC(=O)N1c2ccccc2NC(=O)CC1C. The molecule has 3 rings (SSSR count). The number of likely N-dealkylation sites (N-methyl/N-ethyl adjacent to an activating group) is 1. The summed E-state index contributed by atoms with van der Waals surface area (Å²) in [5, 5.41) is 5.56. The number of amides is 3. The first-order valence-corrected chi connectivity index (χ1v) is 10.2. The Labute approximate surface area is 185 Å². The van der Waals surface area contributed by atoms with Crippen molar-refractivity contribution in [2.75, 3.05) is 29.1 Å². The Morgan fingerprint density at radius 3 is 2.74 bits per heavy atom. The van der Waals surface area contributed by atoms with Gasteiger partial charge in [-0.2, -0.15) is 0 Å². The highest BCUT2D eigenvalue weighted by atomic mass is 35.5. The molecule has 2 N–H and O–H groups in total. The van der Waals surface area contributed by atoms with Crippen LogP contribution in [0.3, 0.4) is 0 Å². The van der Waals surface area contributed by atoms with Crippen molar-refractivity contribution in [1.82, 2.24) is 4.90 Å². The van der Waals surface area contributed by atoms with Crippen molar-refractivity contribution < 1.29 is 18.8 Å². The van der Waals surface area contributed by atoms with Crippen LogP contribution in [-0.2, 0) is 14.4 Å². The minimum Gasteiger partial charge on any atom is -0.324 e. The lowest BCUT2D eigenvalue weighted by Crippen LogP contribution is -2.48. The van der Waals surface area contributed by atoms with Gasteiger partial charge in [0.25, 0.3) is 0 Å². The Morgan fingerprint density at radius 2 is 2.03 bits per heavy atom. The molecule has 0 saturated carbocycles. The number of fused-ring (bicyclic) bond motifs is 1. The Balaban J connectivity index is 1.71. The maximum Gasteiger partial charge on any atom is 0.241 e. The van der Waals surface area contributed by atoms with E-state index in [1.54, 1.807) is 48.0 Å². The zero-order chi connectivity index (χ0) is 22.7. The molecule has 1 aliphatic rings. The van der Waals surface area contributed by atoms with Gasteiger partial charge in [0, 0.05) is 12.5 Å². The summed E-state index contributed by atoms with van der Waals surface area (Å²) >= 11 is 5.97. The maximum atomic E-state index is 13.2. The Bertz CT molecular complexity index is 1020. The molecule has 2 atom stereocenters. The van der Waals surface area contributed by atoms with Crippen molar-refractivity contribution in [3.63, 3.8) is 0 Å². The molecule has 0 spiro atoms. The molecule has 7 nitrogen and oxygen atoms in total. The number of carbonyl (C=O) groups excluding carboxylic acids is 3. The van der Waals surface area contributed by atoms with E-state index in [1.807, 2.05) is 6.92 Å². The lowest BCUT2D eigenvalue weighted by molar-refractivity contribution is -0.123. The fourth-order valence-electron chi connectivity index (χ4n) is 3.42. The summed E-state index contributed by atoms with van der Waals surface area (Å²) in [5.41, 5.74) is 1.48. The second kappa shape index (κ2) is 9.45. The van der Waals surface area contributed by atoms with Gasteiger partial charge in [0.15, 0.2) is 0 Å². The number of carbonyl (C=O) groups is 3. The molecule has 0 bridgehead atoms. The molecular formula is C22H24ClFN4O3. The summed E-state index contributed by atoms with van der Waals surface area (Å²) in [4.78, 5) is 41.1. The highest BCUT2D eigenvalue weighted by molar-refractivity contribution is 6.33. The van der Waals surface area contributed by atoms with Gasteiger partial charge in [0.2, 0.25) is 17.7 Å². The van der Waals surface area contributed by atoms with Gasteiger partial charge in [-0.05, 0) is 51.2 Å². The van der Waals surface area contributed by atoms with Gasteiger partial charge in [-0.25, -0.2) is 4.39 Å². The second-order valence-electron chi connectivity index (χ2n) is 7.59. The third-order valence-corrected chi connectivity index (χ3v) is 5.55. The molecule has 1 aliphatic heterocycles. The maximum absolute atomic E-state index is 13.2. The topological polar surface area (TPSA) is 81.8 Å². The molecule has 164 valence electrons. The molecule has 3 amide bonds. The zero-order valence-corrected chi connectivity index (χ0v) is 18.2. The molecule has 0 saturated heterocycles. The first kappa shape index (κ1) is 22.7. The van der Waals surface area contributed by atoms with Gasteiger partial charge in [-0.15, -0.1) is 0 Å². The highest BCUT2D eigenvalue weighted by Gasteiger charge is 2.31. The van der Waals surface area contributed by atoms with E-state index in [9.17, 15) is 18.8 Å². The second-order valence-corrected chi connectivity index (χ2v) is 7.99. The number of nitrogens with one attached hydrogen (secondary N) is 2. The van der Waals surface area contributed by atoms with E-state index in [0.717, 1.165) is 6.07 Å². The molecule has 0 fully saturated rings. The average molecular weight is 447 g/mol. The lowest BCUT2D eigenvalue weighted by Gasteiger charge is -2.31. The number of halogens is 2. The largest absolute Gasteiger partial charge is 0.324 e. The summed E-state index contributed by atoms with van der Waals surface area (Å²) in [5.74, 6) is -1.28. The summed E-state index contributed by atoms with van der Waals surface area (Å²) < 4.78 is 13.2. The van der Waals surface area contributed by atoms with Crippen LogP contribution in [0.4, 0.5) is 21.5 Å². The van der Waals surface area contributed by atoms with E-state index in [1.165, 1.54) is 12.1 Å². The predicted molar refractivity (Wildman–Crippen MR) is 119 cm³/mol. The molecule has 2 unspecified atom stereocenters. The van der Waals surface area contributed by atoms with Gasteiger partial charge in [0.1, 0.15) is 5.82 Å². The van der Waals surface area contributed by atoms with Gasteiger partial charge >= 0.3 is 0 Å². The molecule has 31 heavy (non-hydrogen) atoms. The van der Waals surface area contributed by atoms with Crippen molar-refractivity contribution in [2.45, 2.75) is 32.4 Å². The smallest absolute Gasteiger partial charge is 0.241 e. The van der Waals surface area contributed by atoms with Crippen molar-refractivity contribution >= 4 is 46.4 Å². The van der Waals surface area contributed by atoms with Crippen molar-refractivity contribution in [1.29, 1.82) is 0 Å². The van der Waals surface area contributed by atoms with Crippen LogP contribution in [0.2, 0.25) is 5.02 Å². The van der Waals surface area contributed by atoms with Crippen LogP contribution in [-0.4, -0.2) is 48.3 Å². The number of para-hydroxylation sites is 2. The van der Waals surface area contributed by atoms with Crippen LogP contribution in [0.25, 0.3) is 0 Å². The summed E-state index contributed by atoms with van der Waals surface area (Å²) in [6, 6.07) is 9.81. The number of nitrogens with zero attached hydrogens (tertiary/aromatic N) is 2. The molecule has 1 heterocycles. The quantitative estimate of drug-likeness (QED) is 0.736. The van der Waals surface area contributed by atoms with Crippen molar-refractivity contribution in [3.05, 3.63) is 53.3 Å². The third kappa shape index (κ3) is 5.21. The highest BCUT2D eigenvalue weighted by Crippen LogP contribution is 2.31. The van der Waals surface area contributed by atoms with Crippen molar-refractivity contribution in [3.8, 4) is 0 Å². The zero-order valence-electron chi connectivity index (χ0n) is 17.5. The molecule has 0 radical (unpaired) electrons. The molecule has 0 aromatic heterocycles. The van der Waals surface area contributed by atoms with Crippen LogP contribution < -0.4 is 15.5 Å². The predicted octanol–water partition coefficient (Wildman–Crippen LogP) is 3.50. The van der Waals surface area contributed by atoms with E-state index >= 15 is 0 Å². The standard InChI is InChI=1S/C22H24ClFN4O3/c1-13-10-20(29)25-18-6-4-5-7-19(18)28(13)21(30)12-27(3)14(2)22(31)26-17-9-8-15(24)11-16(17)23/h4-9,11,13-14H,10,12H2,1-3H3,(H,25,29)(H,26,31). The van der Waals surface area contributed by atoms with Crippen LogP contribution in [0, 0.1) is 5.82 Å². The third-order valence-electron chi connectivity index (χ3n) is 5.24. The molecule has 2 aromatic rings.